The summed E-state index contributed by atoms with van der Waals surface area (Å²) in [7, 11) is -4.52. The van der Waals surface area contributed by atoms with Crippen molar-refractivity contribution in [3.05, 3.63) is 99.7 Å². The van der Waals surface area contributed by atoms with Gasteiger partial charge in [0.05, 0.1) is 24.1 Å². The lowest BCUT2D eigenvalue weighted by atomic mass is 10.0. The highest BCUT2D eigenvalue weighted by molar-refractivity contribution is 7.90. The van der Waals surface area contributed by atoms with Gasteiger partial charge in [-0.25, -0.2) is 12.8 Å². The number of aryl methyl sites for hydroxylation is 2. The second kappa shape index (κ2) is 11.0. The van der Waals surface area contributed by atoms with Crippen LogP contribution in [0.4, 0.5) is 4.39 Å². The molecule has 37 heavy (non-hydrogen) atoms. The number of fused-ring (bicyclic) bond motifs is 1. The molecule has 0 saturated carbocycles. The average Bonchev–Trinajstić information content (AvgIpc) is 3.24. The van der Waals surface area contributed by atoms with Gasteiger partial charge in [-0.1, -0.05) is 29.8 Å². The smallest absolute Gasteiger partial charge is 0.251 e. The standard InChI is InChI=1S/C28H28ClFN2O4S/c1-18-13-23(29)7-3-20(18)15-24-16-22-14-21(6-10-27(22)32(24)12-11-30)28(34)31-26(17-33)19-4-8-25(9-5-19)37(2,35)36/h3-10,13-14,16,26,33H,11-12,15,17H2,1-2H3,(H,31,34)/t26-/m0/s1/i2D3. The van der Waals surface area contributed by atoms with E-state index in [1.54, 1.807) is 18.2 Å². The van der Waals surface area contributed by atoms with Gasteiger partial charge in [-0.15, -0.1) is 0 Å². The highest BCUT2D eigenvalue weighted by Gasteiger charge is 2.18. The zero-order chi connectivity index (χ0) is 29.2. The molecule has 0 bridgehead atoms. The van der Waals surface area contributed by atoms with E-state index in [9.17, 15) is 22.7 Å². The van der Waals surface area contributed by atoms with Crippen molar-refractivity contribution in [2.24, 2.45) is 0 Å². The molecule has 0 aliphatic rings. The van der Waals surface area contributed by atoms with Gasteiger partial charge in [0.2, 0.25) is 0 Å². The molecule has 0 fully saturated rings. The number of carbonyl (C=O) groups excluding carboxylic acids is 1. The maximum absolute atomic E-state index is 13.4. The number of halogens is 2. The van der Waals surface area contributed by atoms with E-state index in [1.807, 2.05) is 35.8 Å². The molecule has 1 amide bonds. The minimum absolute atomic E-state index is 0.164. The zero-order valence-corrected chi connectivity index (χ0v) is 21.6. The molecule has 0 radical (unpaired) electrons. The van der Waals surface area contributed by atoms with Gasteiger partial charge in [0.1, 0.15) is 6.67 Å². The molecule has 3 aromatic carbocycles. The number of carbonyl (C=O) groups is 1. The largest absolute Gasteiger partial charge is 0.394 e. The molecule has 4 aromatic rings. The summed E-state index contributed by atoms with van der Waals surface area (Å²) in [6, 6.07) is 16.7. The molecule has 1 heterocycles. The molecule has 0 saturated heterocycles. The number of hydrogen-bond acceptors (Lipinski definition) is 4. The SMILES string of the molecule is [2H]C([2H])([2H])S(=O)(=O)c1ccc([C@H](CO)NC(=O)c2ccc3c(c2)cc(Cc2ccc(Cl)cc2C)n3CCF)cc1. The Morgan fingerprint density at radius 1 is 1.14 bits per heavy atom. The van der Waals surface area contributed by atoms with E-state index in [0.29, 0.717) is 22.6 Å². The van der Waals surface area contributed by atoms with Crippen LogP contribution in [-0.4, -0.2) is 43.5 Å². The maximum Gasteiger partial charge on any atom is 0.251 e. The number of alkyl halides is 1. The molecule has 194 valence electrons. The normalized spacial score (nSPS) is 14.1. The molecule has 1 atom stereocenters. The first kappa shape index (κ1) is 23.0. The van der Waals surface area contributed by atoms with Crippen molar-refractivity contribution in [3.63, 3.8) is 0 Å². The highest BCUT2D eigenvalue weighted by Crippen LogP contribution is 2.26. The Labute approximate surface area is 224 Å². The summed E-state index contributed by atoms with van der Waals surface area (Å²) in [4.78, 5) is 12.7. The van der Waals surface area contributed by atoms with Crippen molar-refractivity contribution in [1.29, 1.82) is 0 Å². The van der Waals surface area contributed by atoms with Gasteiger partial charge in [-0.05, 0) is 72.1 Å². The second-order valence-electron chi connectivity index (χ2n) is 8.78. The summed E-state index contributed by atoms with van der Waals surface area (Å²) >= 11 is 6.09. The van der Waals surface area contributed by atoms with Crippen LogP contribution in [0.15, 0.2) is 71.6 Å². The topological polar surface area (TPSA) is 88.4 Å². The van der Waals surface area contributed by atoms with Gasteiger partial charge >= 0.3 is 0 Å². The van der Waals surface area contributed by atoms with Crippen LogP contribution in [0, 0.1) is 6.92 Å². The van der Waals surface area contributed by atoms with Gasteiger partial charge in [0.25, 0.3) is 5.91 Å². The Morgan fingerprint density at radius 2 is 1.89 bits per heavy atom. The summed E-state index contributed by atoms with van der Waals surface area (Å²) < 4.78 is 61.3. The van der Waals surface area contributed by atoms with E-state index in [4.69, 9.17) is 15.7 Å². The molecule has 2 N–H and O–H groups in total. The highest BCUT2D eigenvalue weighted by atomic mass is 35.5. The van der Waals surface area contributed by atoms with Crippen LogP contribution in [-0.2, 0) is 22.8 Å². The third-order valence-corrected chi connectivity index (χ3v) is 7.44. The van der Waals surface area contributed by atoms with Crippen molar-refractivity contribution < 1.29 is 26.8 Å². The van der Waals surface area contributed by atoms with Gasteiger partial charge in [0.15, 0.2) is 9.84 Å². The van der Waals surface area contributed by atoms with E-state index in [0.717, 1.165) is 39.9 Å². The lowest BCUT2D eigenvalue weighted by Gasteiger charge is -2.17. The van der Waals surface area contributed by atoms with E-state index in [1.165, 1.54) is 12.1 Å². The molecular formula is C28H28ClFN2O4S. The van der Waals surface area contributed by atoms with Crippen LogP contribution in [0.3, 0.4) is 0 Å². The van der Waals surface area contributed by atoms with Crippen LogP contribution in [0.1, 0.15) is 42.9 Å². The second-order valence-corrected chi connectivity index (χ2v) is 10.7. The summed E-state index contributed by atoms with van der Waals surface area (Å²) in [5, 5.41) is 14.0. The first-order chi connectivity index (χ1) is 18.8. The fourth-order valence-electron chi connectivity index (χ4n) is 4.37. The number of sulfone groups is 1. The van der Waals surface area contributed by atoms with E-state index >= 15 is 0 Å². The number of benzene rings is 3. The van der Waals surface area contributed by atoms with Crippen LogP contribution < -0.4 is 5.32 Å². The Morgan fingerprint density at radius 3 is 2.54 bits per heavy atom. The number of aromatic nitrogens is 1. The maximum atomic E-state index is 13.4. The summed E-state index contributed by atoms with van der Waals surface area (Å²) in [6.07, 6.45) is -2.65. The minimum Gasteiger partial charge on any atom is -0.394 e. The lowest BCUT2D eigenvalue weighted by Crippen LogP contribution is -2.30. The average molecular weight is 546 g/mol. The van der Waals surface area contributed by atoms with Crippen molar-refractivity contribution in [1.82, 2.24) is 9.88 Å². The number of aliphatic hydroxyl groups excluding tert-OH is 1. The number of amides is 1. The number of aliphatic hydroxyl groups is 1. The Hall–Kier alpha value is -3.20. The molecule has 0 spiro atoms. The molecule has 0 aliphatic carbocycles. The summed E-state index contributed by atoms with van der Waals surface area (Å²) in [5.74, 6) is -0.478. The Bertz CT molecular complexity index is 1650. The van der Waals surface area contributed by atoms with E-state index in [2.05, 4.69) is 5.32 Å². The third kappa shape index (κ3) is 6.04. The Balaban J connectivity index is 1.58. The number of hydrogen-bond donors (Lipinski definition) is 2. The molecule has 0 aliphatic heterocycles. The number of nitrogens with one attached hydrogen (secondary N) is 1. The van der Waals surface area contributed by atoms with E-state index < -0.39 is 41.3 Å². The molecular weight excluding hydrogens is 515 g/mol. The molecule has 6 nitrogen and oxygen atoms in total. The predicted octanol–water partition coefficient (Wildman–Crippen LogP) is 5.03. The van der Waals surface area contributed by atoms with Crippen LogP contribution in [0.2, 0.25) is 5.02 Å². The quantitative estimate of drug-likeness (QED) is 0.309. The minimum atomic E-state index is -4.52. The van der Waals surface area contributed by atoms with Crippen LogP contribution in [0.25, 0.3) is 10.9 Å². The monoisotopic (exact) mass is 545 g/mol. The number of nitrogens with zero attached hydrogens (tertiary/aromatic N) is 1. The van der Waals surface area contributed by atoms with Gasteiger partial charge in [-0.2, -0.15) is 0 Å². The molecule has 4 rings (SSSR count). The first-order valence-electron chi connectivity index (χ1n) is 13.0. The summed E-state index contributed by atoms with van der Waals surface area (Å²) in [6.45, 7) is 1.10. The van der Waals surface area contributed by atoms with Gasteiger partial charge < -0.3 is 15.0 Å². The van der Waals surface area contributed by atoms with Crippen LogP contribution >= 0.6 is 11.6 Å². The number of rotatable bonds is 9. The Kier molecular flexibility index (Phi) is 6.85. The molecule has 9 heteroatoms. The fourth-order valence-corrected chi connectivity index (χ4v) is 5.09. The van der Waals surface area contributed by atoms with Crippen molar-refractivity contribution in [2.45, 2.75) is 30.8 Å². The van der Waals surface area contributed by atoms with Crippen molar-refractivity contribution in [2.75, 3.05) is 19.5 Å². The summed E-state index contributed by atoms with van der Waals surface area (Å²) in [5.41, 5.74) is 4.45. The zero-order valence-electron chi connectivity index (χ0n) is 23.0. The van der Waals surface area contributed by atoms with Crippen molar-refractivity contribution in [3.8, 4) is 0 Å². The fraction of sp³-hybridized carbons (Fsp3) is 0.250. The van der Waals surface area contributed by atoms with Gasteiger partial charge in [0, 0.05) is 43.9 Å². The third-order valence-electron chi connectivity index (χ3n) is 6.31. The molecule has 0 unspecified atom stereocenters. The van der Waals surface area contributed by atoms with E-state index in [-0.39, 0.29) is 11.4 Å². The first-order valence-corrected chi connectivity index (χ1v) is 13.4. The lowest BCUT2D eigenvalue weighted by molar-refractivity contribution is 0.0916. The van der Waals surface area contributed by atoms with Gasteiger partial charge in [-0.3, -0.25) is 4.79 Å². The van der Waals surface area contributed by atoms with Crippen LogP contribution in [0.5, 0.6) is 0 Å². The predicted molar refractivity (Wildman–Crippen MR) is 144 cm³/mol. The molecule has 1 aromatic heterocycles. The van der Waals surface area contributed by atoms with Crippen molar-refractivity contribution >= 4 is 38.2 Å².